The van der Waals surface area contributed by atoms with Crippen molar-refractivity contribution in [3.63, 3.8) is 0 Å². The molecule has 0 atom stereocenters. The molecule has 0 N–H and O–H groups in total. The van der Waals surface area contributed by atoms with E-state index < -0.39 is 11.4 Å². The Kier molecular flexibility index (Phi) is 5.30. The Hall–Kier alpha value is -3.93. The number of aromatic nitrogens is 1. The minimum atomic E-state index is -0.684. The normalized spacial score (nSPS) is 10.7. The summed E-state index contributed by atoms with van der Waals surface area (Å²) in [5.41, 5.74) is 1.82. The molecular formula is C24H19NO5. The highest BCUT2D eigenvalue weighted by Crippen LogP contribution is 2.32. The molecule has 2 aromatic carbocycles. The molecule has 0 aliphatic carbocycles. The summed E-state index contributed by atoms with van der Waals surface area (Å²) in [6, 6.07) is 15.6. The Bertz CT molecular complexity index is 1260. The van der Waals surface area contributed by atoms with Crippen LogP contribution in [0.5, 0.6) is 11.5 Å². The minimum Gasteiger partial charge on any atom is -0.497 e. The largest absolute Gasteiger partial charge is 0.497 e. The van der Waals surface area contributed by atoms with Crippen molar-refractivity contribution in [2.24, 2.45) is 0 Å². The molecule has 30 heavy (non-hydrogen) atoms. The van der Waals surface area contributed by atoms with Gasteiger partial charge in [0.1, 0.15) is 11.3 Å². The molecule has 4 rings (SSSR count). The highest BCUT2D eigenvalue weighted by molar-refractivity contribution is 5.92. The van der Waals surface area contributed by atoms with Crippen molar-refractivity contribution >= 4 is 16.9 Å². The average molecular weight is 401 g/mol. The predicted molar refractivity (Wildman–Crippen MR) is 113 cm³/mol. The van der Waals surface area contributed by atoms with Crippen LogP contribution in [0.2, 0.25) is 0 Å². The summed E-state index contributed by atoms with van der Waals surface area (Å²) in [5, 5.41) is 0.362. The lowest BCUT2D eigenvalue weighted by Gasteiger charge is -2.11. The van der Waals surface area contributed by atoms with Gasteiger partial charge in [-0.3, -0.25) is 9.78 Å². The molecule has 0 aliphatic rings. The van der Waals surface area contributed by atoms with E-state index in [1.807, 2.05) is 13.0 Å². The molecule has 2 aromatic heterocycles. The second-order valence-electron chi connectivity index (χ2n) is 6.63. The molecule has 0 fully saturated rings. The van der Waals surface area contributed by atoms with Crippen LogP contribution >= 0.6 is 0 Å². The first kappa shape index (κ1) is 19.4. The van der Waals surface area contributed by atoms with E-state index in [1.54, 1.807) is 61.8 Å². The lowest BCUT2D eigenvalue weighted by Crippen LogP contribution is -2.16. The minimum absolute atomic E-state index is 0.158. The fourth-order valence-electron chi connectivity index (χ4n) is 3.11. The molecular weight excluding hydrogens is 382 g/mol. The standard InChI is InChI=1S/C24H19NO5/c1-3-15-6-11-20-19(13-15)21(26)23(30-24(27)17-5-4-12-25-14-17)22(29-20)16-7-9-18(28-2)10-8-16/h4-14H,3H2,1-2H3. The quantitative estimate of drug-likeness (QED) is 0.453. The van der Waals surface area contributed by atoms with Crippen molar-refractivity contribution in [3.8, 4) is 22.8 Å². The highest BCUT2D eigenvalue weighted by atomic mass is 16.5. The van der Waals surface area contributed by atoms with E-state index in [9.17, 15) is 9.59 Å². The zero-order valence-electron chi connectivity index (χ0n) is 16.5. The number of rotatable bonds is 5. The topological polar surface area (TPSA) is 78.6 Å². The van der Waals surface area contributed by atoms with Crippen molar-refractivity contribution in [2.45, 2.75) is 13.3 Å². The Morgan fingerprint density at radius 2 is 1.90 bits per heavy atom. The fourth-order valence-corrected chi connectivity index (χ4v) is 3.11. The predicted octanol–water partition coefficient (Wildman–Crippen LogP) is 4.65. The van der Waals surface area contributed by atoms with Crippen LogP contribution in [0.3, 0.4) is 0 Å². The van der Waals surface area contributed by atoms with Crippen molar-refractivity contribution in [1.29, 1.82) is 0 Å². The van der Waals surface area contributed by atoms with Crippen molar-refractivity contribution in [2.75, 3.05) is 7.11 Å². The molecule has 0 saturated heterocycles. The third-order valence-electron chi connectivity index (χ3n) is 4.77. The van der Waals surface area contributed by atoms with Gasteiger partial charge in [-0.15, -0.1) is 0 Å². The van der Waals surface area contributed by atoms with Gasteiger partial charge in [-0.25, -0.2) is 4.79 Å². The molecule has 150 valence electrons. The van der Waals surface area contributed by atoms with Crippen molar-refractivity contribution < 1.29 is 18.7 Å². The van der Waals surface area contributed by atoms with E-state index in [1.165, 1.54) is 6.20 Å². The number of esters is 1. The van der Waals surface area contributed by atoms with Crippen LogP contribution in [0.1, 0.15) is 22.8 Å². The number of pyridine rings is 1. The van der Waals surface area contributed by atoms with E-state index in [2.05, 4.69) is 4.98 Å². The molecule has 0 unspecified atom stereocenters. The first-order chi connectivity index (χ1) is 14.6. The molecule has 2 heterocycles. The summed E-state index contributed by atoms with van der Waals surface area (Å²) in [5.74, 6) is -0.00838. The molecule has 0 amide bonds. The molecule has 6 nitrogen and oxygen atoms in total. The number of carbonyl (C=O) groups is 1. The van der Waals surface area contributed by atoms with Crippen LogP contribution < -0.4 is 14.9 Å². The lowest BCUT2D eigenvalue weighted by atomic mass is 10.1. The molecule has 4 aromatic rings. The number of nitrogens with zero attached hydrogens (tertiary/aromatic N) is 1. The number of hydrogen-bond acceptors (Lipinski definition) is 6. The number of aryl methyl sites for hydroxylation is 1. The maximum Gasteiger partial charge on any atom is 0.345 e. The zero-order chi connectivity index (χ0) is 21.1. The lowest BCUT2D eigenvalue weighted by molar-refractivity contribution is 0.0731. The van der Waals surface area contributed by atoms with Gasteiger partial charge in [0.25, 0.3) is 0 Å². The van der Waals surface area contributed by atoms with Gasteiger partial charge in [0.15, 0.2) is 5.76 Å². The SMILES string of the molecule is CCc1ccc2oc(-c3ccc(OC)cc3)c(OC(=O)c3cccnc3)c(=O)c2c1. The molecule has 0 bridgehead atoms. The summed E-state index contributed by atoms with van der Waals surface area (Å²) < 4.78 is 16.8. The Morgan fingerprint density at radius 3 is 2.57 bits per heavy atom. The van der Waals surface area contributed by atoms with Crippen LogP contribution in [-0.2, 0) is 6.42 Å². The van der Waals surface area contributed by atoms with Gasteiger partial charge in [0.2, 0.25) is 11.2 Å². The summed E-state index contributed by atoms with van der Waals surface area (Å²) in [6.45, 7) is 2.00. The maximum atomic E-state index is 13.3. The number of carbonyl (C=O) groups excluding carboxylic acids is 1. The van der Waals surface area contributed by atoms with Gasteiger partial charge in [-0.2, -0.15) is 0 Å². The van der Waals surface area contributed by atoms with E-state index in [0.29, 0.717) is 22.3 Å². The summed E-state index contributed by atoms with van der Waals surface area (Å²) in [7, 11) is 1.57. The second-order valence-corrected chi connectivity index (χ2v) is 6.63. The maximum absolute atomic E-state index is 13.3. The second kappa shape index (κ2) is 8.21. The monoisotopic (exact) mass is 401 g/mol. The Balaban J connectivity index is 1.90. The third-order valence-corrected chi connectivity index (χ3v) is 4.77. The first-order valence-corrected chi connectivity index (χ1v) is 9.47. The van der Waals surface area contributed by atoms with Crippen LogP contribution in [0, 0.1) is 0 Å². The number of benzene rings is 2. The summed E-state index contributed by atoms with van der Waals surface area (Å²) >= 11 is 0. The Morgan fingerprint density at radius 1 is 1.10 bits per heavy atom. The highest BCUT2D eigenvalue weighted by Gasteiger charge is 2.21. The number of methoxy groups -OCH3 is 1. The molecule has 0 aliphatic heterocycles. The van der Waals surface area contributed by atoms with E-state index in [0.717, 1.165) is 12.0 Å². The third kappa shape index (κ3) is 3.67. The van der Waals surface area contributed by atoms with Crippen LogP contribution in [0.25, 0.3) is 22.3 Å². The van der Waals surface area contributed by atoms with Gasteiger partial charge in [-0.05, 0) is 60.5 Å². The molecule has 0 radical (unpaired) electrons. The van der Waals surface area contributed by atoms with Crippen molar-refractivity contribution in [3.05, 3.63) is 88.3 Å². The molecule has 0 spiro atoms. The van der Waals surface area contributed by atoms with Crippen molar-refractivity contribution in [1.82, 2.24) is 4.98 Å². The van der Waals surface area contributed by atoms with Crippen LogP contribution in [0.4, 0.5) is 0 Å². The zero-order valence-corrected chi connectivity index (χ0v) is 16.5. The average Bonchev–Trinajstić information content (AvgIpc) is 2.81. The van der Waals surface area contributed by atoms with Gasteiger partial charge in [0, 0.05) is 18.0 Å². The molecule has 6 heteroatoms. The summed E-state index contributed by atoms with van der Waals surface area (Å²) in [6.07, 6.45) is 3.70. The van der Waals surface area contributed by atoms with Gasteiger partial charge >= 0.3 is 5.97 Å². The van der Waals surface area contributed by atoms with E-state index in [-0.39, 0.29) is 17.1 Å². The fraction of sp³-hybridized carbons (Fsp3) is 0.125. The smallest absolute Gasteiger partial charge is 0.345 e. The van der Waals surface area contributed by atoms with E-state index >= 15 is 0 Å². The Labute approximate surface area is 172 Å². The van der Waals surface area contributed by atoms with Gasteiger partial charge in [-0.1, -0.05) is 13.0 Å². The number of hydrogen-bond donors (Lipinski definition) is 0. The number of fused-ring (bicyclic) bond motifs is 1. The van der Waals surface area contributed by atoms with Gasteiger partial charge < -0.3 is 13.9 Å². The first-order valence-electron chi connectivity index (χ1n) is 9.47. The van der Waals surface area contributed by atoms with Crippen LogP contribution in [0.15, 0.2) is 76.2 Å². The summed E-state index contributed by atoms with van der Waals surface area (Å²) in [4.78, 5) is 29.9. The van der Waals surface area contributed by atoms with Crippen LogP contribution in [-0.4, -0.2) is 18.1 Å². The van der Waals surface area contributed by atoms with Gasteiger partial charge in [0.05, 0.1) is 18.1 Å². The van der Waals surface area contributed by atoms with E-state index in [4.69, 9.17) is 13.9 Å². The molecule has 0 saturated carbocycles. The number of ether oxygens (including phenoxy) is 2.